The molecule has 0 heterocycles. The van der Waals surface area contributed by atoms with Crippen molar-refractivity contribution in [2.24, 2.45) is 0 Å². The Labute approximate surface area is 84.7 Å². The lowest BCUT2D eigenvalue weighted by Gasteiger charge is -2.15. The quantitative estimate of drug-likeness (QED) is 0.760. The average Bonchev–Trinajstić information content (AvgIpc) is 2.20. The number of nitrogens with one attached hydrogen (secondary N) is 1. The lowest BCUT2D eigenvalue weighted by molar-refractivity contribution is 0.251. The third kappa shape index (κ3) is 2.25. The zero-order valence-corrected chi connectivity index (χ0v) is 8.87. The van der Waals surface area contributed by atoms with Crippen molar-refractivity contribution in [3.8, 4) is 5.75 Å². The summed E-state index contributed by atoms with van der Waals surface area (Å²) >= 11 is 0. The van der Waals surface area contributed by atoms with E-state index in [0.717, 1.165) is 16.9 Å². The lowest BCUT2D eigenvalue weighted by Crippen LogP contribution is -2.19. The van der Waals surface area contributed by atoms with E-state index >= 15 is 0 Å². The largest absolute Gasteiger partial charge is 0.496 e. The van der Waals surface area contributed by atoms with Crippen LogP contribution < -0.4 is 10.1 Å². The molecule has 2 N–H and O–H groups in total. The van der Waals surface area contributed by atoms with Gasteiger partial charge < -0.3 is 15.2 Å². The number of aliphatic hydroxyl groups is 1. The third-order valence-electron chi connectivity index (χ3n) is 2.35. The second kappa shape index (κ2) is 4.98. The van der Waals surface area contributed by atoms with Crippen LogP contribution in [-0.4, -0.2) is 25.9 Å². The van der Waals surface area contributed by atoms with Crippen LogP contribution >= 0.6 is 0 Å². The maximum Gasteiger partial charge on any atom is 0.121 e. The molecule has 14 heavy (non-hydrogen) atoms. The predicted molar refractivity (Wildman–Crippen MR) is 56.6 cm³/mol. The highest BCUT2D eigenvalue weighted by molar-refractivity contribution is 5.37. The topological polar surface area (TPSA) is 41.5 Å². The maximum absolute atomic E-state index is 9.10. The fourth-order valence-corrected chi connectivity index (χ4v) is 1.48. The standard InChI is InChI=1S/C11H17NO2/c1-8-6-9(10(7-13)12-2)4-5-11(8)14-3/h4-6,10,12-13H,7H2,1-3H3/t10-/m1/s1. The van der Waals surface area contributed by atoms with Gasteiger partial charge in [-0.1, -0.05) is 12.1 Å². The highest BCUT2D eigenvalue weighted by Crippen LogP contribution is 2.21. The molecule has 0 aliphatic rings. The second-order valence-electron chi connectivity index (χ2n) is 3.25. The minimum absolute atomic E-state index is 0.000365. The Morgan fingerprint density at radius 1 is 1.50 bits per heavy atom. The zero-order valence-electron chi connectivity index (χ0n) is 8.87. The molecule has 0 saturated heterocycles. The summed E-state index contributed by atoms with van der Waals surface area (Å²) in [5.74, 6) is 0.876. The van der Waals surface area contributed by atoms with Gasteiger partial charge in [-0.3, -0.25) is 0 Å². The first-order valence-electron chi connectivity index (χ1n) is 4.65. The number of hydrogen-bond donors (Lipinski definition) is 2. The van der Waals surface area contributed by atoms with Crippen LogP contribution in [0.5, 0.6) is 5.75 Å². The van der Waals surface area contributed by atoms with Gasteiger partial charge in [-0.15, -0.1) is 0 Å². The van der Waals surface area contributed by atoms with E-state index < -0.39 is 0 Å². The average molecular weight is 195 g/mol. The highest BCUT2D eigenvalue weighted by atomic mass is 16.5. The van der Waals surface area contributed by atoms with E-state index in [9.17, 15) is 0 Å². The molecule has 1 rings (SSSR count). The van der Waals surface area contributed by atoms with Gasteiger partial charge in [0.2, 0.25) is 0 Å². The monoisotopic (exact) mass is 195 g/mol. The number of aryl methyl sites for hydroxylation is 1. The van der Waals surface area contributed by atoms with Crippen molar-refractivity contribution >= 4 is 0 Å². The lowest BCUT2D eigenvalue weighted by atomic mass is 10.0. The van der Waals surface area contributed by atoms with E-state index in [1.54, 1.807) is 7.11 Å². The second-order valence-corrected chi connectivity index (χ2v) is 3.25. The Morgan fingerprint density at radius 3 is 2.64 bits per heavy atom. The summed E-state index contributed by atoms with van der Waals surface area (Å²) in [6.45, 7) is 2.09. The van der Waals surface area contributed by atoms with Crippen molar-refractivity contribution in [1.82, 2.24) is 5.32 Å². The van der Waals surface area contributed by atoms with Crippen molar-refractivity contribution in [3.63, 3.8) is 0 Å². The minimum Gasteiger partial charge on any atom is -0.496 e. The van der Waals surface area contributed by atoms with Crippen LogP contribution in [0.15, 0.2) is 18.2 Å². The van der Waals surface area contributed by atoms with E-state index in [0.29, 0.717) is 0 Å². The fraction of sp³-hybridized carbons (Fsp3) is 0.455. The number of benzene rings is 1. The van der Waals surface area contributed by atoms with E-state index in [4.69, 9.17) is 9.84 Å². The Kier molecular flexibility index (Phi) is 3.92. The Morgan fingerprint density at radius 2 is 2.21 bits per heavy atom. The van der Waals surface area contributed by atoms with Crippen molar-refractivity contribution in [1.29, 1.82) is 0 Å². The molecule has 1 aromatic carbocycles. The molecule has 0 aliphatic heterocycles. The maximum atomic E-state index is 9.10. The first kappa shape index (κ1) is 11.0. The predicted octanol–water partition coefficient (Wildman–Crippen LogP) is 1.26. The summed E-state index contributed by atoms with van der Waals surface area (Å²) in [6, 6.07) is 5.91. The molecule has 1 atom stereocenters. The number of hydrogen-bond acceptors (Lipinski definition) is 3. The van der Waals surface area contributed by atoms with E-state index in [1.807, 2.05) is 32.2 Å². The molecule has 3 heteroatoms. The molecule has 0 bridgehead atoms. The van der Waals surface area contributed by atoms with Crippen LogP contribution in [0.3, 0.4) is 0 Å². The van der Waals surface area contributed by atoms with Gasteiger partial charge in [0.15, 0.2) is 0 Å². The Balaban J connectivity index is 2.95. The summed E-state index contributed by atoms with van der Waals surface area (Å²) in [5, 5.41) is 12.1. The van der Waals surface area contributed by atoms with Gasteiger partial charge in [-0.25, -0.2) is 0 Å². The van der Waals surface area contributed by atoms with E-state index in [-0.39, 0.29) is 12.6 Å². The number of methoxy groups -OCH3 is 1. The Hall–Kier alpha value is -1.06. The molecule has 1 aromatic rings. The van der Waals surface area contributed by atoms with Gasteiger partial charge in [0, 0.05) is 0 Å². The normalized spacial score (nSPS) is 12.6. The Bertz CT molecular complexity index is 295. The van der Waals surface area contributed by atoms with Crippen molar-refractivity contribution in [3.05, 3.63) is 29.3 Å². The number of ether oxygens (including phenoxy) is 1. The molecule has 0 amide bonds. The van der Waals surface area contributed by atoms with Crippen molar-refractivity contribution in [2.45, 2.75) is 13.0 Å². The zero-order chi connectivity index (χ0) is 10.6. The van der Waals surface area contributed by atoms with Gasteiger partial charge in [0.05, 0.1) is 19.8 Å². The molecule has 0 aromatic heterocycles. The van der Waals surface area contributed by atoms with Crippen LogP contribution in [0, 0.1) is 6.92 Å². The summed E-state index contributed by atoms with van der Waals surface area (Å²) in [7, 11) is 3.49. The first-order chi connectivity index (χ1) is 6.72. The number of aliphatic hydroxyl groups excluding tert-OH is 1. The van der Waals surface area contributed by atoms with Crippen LogP contribution in [0.4, 0.5) is 0 Å². The third-order valence-corrected chi connectivity index (χ3v) is 2.35. The summed E-state index contributed by atoms with van der Waals surface area (Å²) < 4.78 is 5.16. The highest BCUT2D eigenvalue weighted by Gasteiger charge is 2.08. The molecule has 0 unspecified atom stereocenters. The summed E-state index contributed by atoms with van der Waals surface area (Å²) in [6.07, 6.45) is 0. The van der Waals surface area contributed by atoms with Crippen LogP contribution in [0.2, 0.25) is 0 Å². The molecular formula is C11H17NO2. The van der Waals surface area contributed by atoms with E-state index in [1.165, 1.54) is 0 Å². The SMILES string of the molecule is CN[C@H](CO)c1ccc(OC)c(C)c1. The molecule has 0 aliphatic carbocycles. The molecule has 0 fully saturated rings. The molecule has 0 saturated carbocycles. The molecular weight excluding hydrogens is 178 g/mol. The first-order valence-corrected chi connectivity index (χ1v) is 4.65. The molecule has 0 radical (unpaired) electrons. The molecule has 78 valence electrons. The van der Waals surface area contributed by atoms with Gasteiger partial charge in [0.25, 0.3) is 0 Å². The molecule has 0 spiro atoms. The number of likely N-dealkylation sites (N-methyl/N-ethyl adjacent to an activating group) is 1. The van der Waals surface area contributed by atoms with Crippen LogP contribution in [0.25, 0.3) is 0 Å². The summed E-state index contributed by atoms with van der Waals surface area (Å²) in [4.78, 5) is 0. The van der Waals surface area contributed by atoms with E-state index in [2.05, 4.69) is 5.32 Å². The molecule has 3 nitrogen and oxygen atoms in total. The smallest absolute Gasteiger partial charge is 0.121 e. The van der Waals surface area contributed by atoms with Crippen LogP contribution in [-0.2, 0) is 0 Å². The summed E-state index contributed by atoms with van der Waals surface area (Å²) in [5.41, 5.74) is 2.16. The van der Waals surface area contributed by atoms with Crippen molar-refractivity contribution in [2.75, 3.05) is 20.8 Å². The number of rotatable bonds is 4. The van der Waals surface area contributed by atoms with Crippen LogP contribution in [0.1, 0.15) is 17.2 Å². The minimum atomic E-state index is -0.000365. The van der Waals surface area contributed by atoms with Crippen molar-refractivity contribution < 1.29 is 9.84 Å². The van der Waals surface area contributed by atoms with Gasteiger partial charge in [-0.05, 0) is 31.2 Å². The van der Waals surface area contributed by atoms with Gasteiger partial charge in [-0.2, -0.15) is 0 Å². The van der Waals surface area contributed by atoms with Gasteiger partial charge in [0.1, 0.15) is 5.75 Å². The van der Waals surface area contributed by atoms with Gasteiger partial charge >= 0.3 is 0 Å². The fourth-order valence-electron chi connectivity index (χ4n) is 1.48.